The first-order valence-corrected chi connectivity index (χ1v) is 12.0. The predicted octanol–water partition coefficient (Wildman–Crippen LogP) is 6.15. The average molecular weight is 472 g/mol. The highest BCUT2D eigenvalue weighted by Crippen LogP contribution is 2.28. The molecule has 0 radical (unpaired) electrons. The average Bonchev–Trinajstić information content (AvgIpc) is 2.85. The van der Waals surface area contributed by atoms with Gasteiger partial charge >= 0.3 is 0 Å². The molecule has 6 heteroatoms. The molecule has 4 aromatic rings. The van der Waals surface area contributed by atoms with Crippen molar-refractivity contribution in [1.29, 1.82) is 0 Å². The first kappa shape index (κ1) is 24.3. The van der Waals surface area contributed by atoms with E-state index in [0.29, 0.717) is 41.8 Å². The van der Waals surface area contributed by atoms with Gasteiger partial charge in [0.05, 0.1) is 22.6 Å². The van der Waals surface area contributed by atoms with E-state index in [1.165, 1.54) is 18.2 Å². The van der Waals surface area contributed by atoms with Crippen molar-refractivity contribution in [1.82, 2.24) is 14.5 Å². The van der Waals surface area contributed by atoms with Gasteiger partial charge in [-0.3, -0.25) is 14.2 Å². The Morgan fingerprint density at radius 1 is 1.00 bits per heavy atom. The smallest absolute Gasteiger partial charge is 0.266 e. The van der Waals surface area contributed by atoms with Crippen molar-refractivity contribution < 1.29 is 9.18 Å². The fourth-order valence-electron chi connectivity index (χ4n) is 4.46. The third kappa shape index (κ3) is 4.74. The summed E-state index contributed by atoms with van der Waals surface area (Å²) in [5.41, 5.74) is 3.57. The maximum atomic E-state index is 13.9. The standard InChI is InChI=1S/C29H30FN3O2/c1-5-16-32(28(34)21-10-9-11-22(30)18-21)26(6-2)27-31-25-13-8-7-12-24(25)29(35)33(27)23-15-14-19(3)20(4)17-23/h7-15,17-18,26H,5-6,16H2,1-4H3. The molecule has 0 aliphatic heterocycles. The fraction of sp³-hybridized carbons (Fsp3) is 0.276. The van der Waals surface area contributed by atoms with Crippen molar-refractivity contribution in [2.24, 2.45) is 0 Å². The van der Waals surface area contributed by atoms with Gasteiger partial charge in [-0.25, -0.2) is 9.37 Å². The van der Waals surface area contributed by atoms with Crippen LogP contribution in [-0.4, -0.2) is 26.9 Å². The van der Waals surface area contributed by atoms with E-state index in [4.69, 9.17) is 4.98 Å². The summed E-state index contributed by atoms with van der Waals surface area (Å²) in [6, 6.07) is 18.4. The number of hydrogen-bond donors (Lipinski definition) is 0. The van der Waals surface area contributed by atoms with Gasteiger partial charge in [0.15, 0.2) is 0 Å². The molecule has 1 atom stereocenters. The summed E-state index contributed by atoms with van der Waals surface area (Å²) in [4.78, 5) is 34.0. The largest absolute Gasteiger partial charge is 0.328 e. The zero-order chi connectivity index (χ0) is 25.1. The van der Waals surface area contributed by atoms with E-state index in [-0.39, 0.29) is 17.0 Å². The van der Waals surface area contributed by atoms with Crippen LogP contribution < -0.4 is 5.56 Å². The minimum Gasteiger partial charge on any atom is -0.328 e. The number of amides is 1. The number of carbonyl (C=O) groups is 1. The van der Waals surface area contributed by atoms with Crippen molar-refractivity contribution in [3.63, 3.8) is 0 Å². The van der Waals surface area contributed by atoms with E-state index in [1.807, 2.05) is 64.1 Å². The van der Waals surface area contributed by atoms with Gasteiger partial charge in [0.25, 0.3) is 11.5 Å². The molecule has 3 aromatic carbocycles. The highest BCUT2D eigenvalue weighted by molar-refractivity contribution is 5.94. The Morgan fingerprint density at radius 3 is 2.46 bits per heavy atom. The Bertz CT molecular complexity index is 1440. The molecule has 4 rings (SSSR count). The number of para-hydroxylation sites is 1. The Hall–Kier alpha value is -3.80. The van der Waals surface area contributed by atoms with E-state index in [2.05, 4.69) is 0 Å². The molecule has 5 nitrogen and oxygen atoms in total. The van der Waals surface area contributed by atoms with Crippen LogP contribution >= 0.6 is 0 Å². The molecule has 0 saturated carbocycles. The second kappa shape index (κ2) is 10.2. The summed E-state index contributed by atoms with van der Waals surface area (Å²) in [6.45, 7) is 8.44. The van der Waals surface area contributed by atoms with Crippen molar-refractivity contribution >= 4 is 16.8 Å². The van der Waals surface area contributed by atoms with E-state index in [9.17, 15) is 14.0 Å². The lowest BCUT2D eigenvalue weighted by molar-refractivity contribution is 0.0658. The van der Waals surface area contributed by atoms with Crippen LogP contribution in [0.1, 0.15) is 60.0 Å². The molecule has 1 amide bonds. The summed E-state index contributed by atoms with van der Waals surface area (Å²) in [5, 5.41) is 0.517. The topological polar surface area (TPSA) is 55.2 Å². The molecule has 1 unspecified atom stereocenters. The van der Waals surface area contributed by atoms with Crippen LogP contribution in [0.25, 0.3) is 16.6 Å². The number of halogens is 1. The monoisotopic (exact) mass is 471 g/mol. The molecule has 180 valence electrons. The molecule has 0 N–H and O–H groups in total. The summed E-state index contributed by atoms with van der Waals surface area (Å²) in [5.74, 6) is -0.249. The lowest BCUT2D eigenvalue weighted by atomic mass is 10.1. The maximum Gasteiger partial charge on any atom is 0.266 e. The Kier molecular flexibility index (Phi) is 7.10. The number of hydrogen-bond acceptors (Lipinski definition) is 3. The van der Waals surface area contributed by atoms with Gasteiger partial charge in [-0.1, -0.05) is 38.1 Å². The summed E-state index contributed by atoms with van der Waals surface area (Å²) in [6.07, 6.45) is 1.25. The number of aromatic nitrogens is 2. The summed E-state index contributed by atoms with van der Waals surface area (Å²) >= 11 is 0. The van der Waals surface area contributed by atoms with Crippen LogP contribution in [0.3, 0.4) is 0 Å². The molecular weight excluding hydrogens is 441 g/mol. The second-order valence-corrected chi connectivity index (χ2v) is 8.83. The maximum absolute atomic E-state index is 13.9. The minimum atomic E-state index is -0.482. The number of carbonyl (C=O) groups excluding carboxylic acids is 1. The second-order valence-electron chi connectivity index (χ2n) is 8.83. The van der Waals surface area contributed by atoms with E-state index in [0.717, 1.165) is 11.1 Å². The first-order valence-electron chi connectivity index (χ1n) is 12.0. The Balaban J connectivity index is 1.96. The molecular formula is C29H30FN3O2. The highest BCUT2D eigenvalue weighted by Gasteiger charge is 2.29. The molecule has 35 heavy (non-hydrogen) atoms. The van der Waals surface area contributed by atoms with Gasteiger partial charge < -0.3 is 4.90 Å². The van der Waals surface area contributed by atoms with Crippen molar-refractivity contribution in [3.05, 3.63) is 105 Å². The van der Waals surface area contributed by atoms with E-state index in [1.54, 1.807) is 21.6 Å². The Labute approximate surface area is 204 Å². The van der Waals surface area contributed by atoms with Crippen molar-refractivity contribution in [2.75, 3.05) is 6.54 Å². The van der Waals surface area contributed by atoms with Crippen LogP contribution in [0.2, 0.25) is 0 Å². The molecule has 1 heterocycles. The lowest BCUT2D eigenvalue weighted by Gasteiger charge is -2.32. The summed E-state index contributed by atoms with van der Waals surface area (Å²) in [7, 11) is 0. The van der Waals surface area contributed by atoms with Crippen molar-refractivity contribution in [3.8, 4) is 5.69 Å². The highest BCUT2D eigenvalue weighted by atomic mass is 19.1. The lowest BCUT2D eigenvalue weighted by Crippen LogP contribution is -2.39. The van der Waals surface area contributed by atoms with Crippen LogP contribution in [-0.2, 0) is 0 Å². The third-order valence-corrected chi connectivity index (χ3v) is 6.41. The molecule has 0 bridgehead atoms. The summed E-state index contributed by atoms with van der Waals surface area (Å²) < 4.78 is 15.6. The van der Waals surface area contributed by atoms with E-state index >= 15 is 0 Å². The zero-order valence-electron chi connectivity index (χ0n) is 20.6. The van der Waals surface area contributed by atoms with Gasteiger partial charge in [-0.05, 0) is 80.3 Å². The normalized spacial score (nSPS) is 12.0. The predicted molar refractivity (Wildman–Crippen MR) is 138 cm³/mol. The molecule has 0 fully saturated rings. The quantitative estimate of drug-likeness (QED) is 0.325. The van der Waals surface area contributed by atoms with Gasteiger partial charge in [-0.15, -0.1) is 0 Å². The third-order valence-electron chi connectivity index (χ3n) is 6.41. The van der Waals surface area contributed by atoms with Gasteiger partial charge in [0, 0.05) is 12.1 Å². The van der Waals surface area contributed by atoms with Gasteiger partial charge in [0.2, 0.25) is 0 Å². The van der Waals surface area contributed by atoms with Crippen LogP contribution in [0.15, 0.2) is 71.5 Å². The van der Waals surface area contributed by atoms with Crippen LogP contribution in [0.5, 0.6) is 0 Å². The molecule has 0 saturated heterocycles. The van der Waals surface area contributed by atoms with E-state index < -0.39 is 11.9 Å². The van der Waals surface area contributed by atoms with Gasteiger partial charge in [0.1, 0.15) is 11.6 Å². The molecule has 1 aromatic heterocycles. The minimum absolute atomic E-state index is 0.179. The fourth-order valence-corrected chi connectivity index (χ4v) is 4.46. The number of aryl methyl sites for hydroxylation is 2. The number of rotatable bonds is 7. The van der Waals surface area contributed by atoms with Crippen LogP contribution in [0.4, 0.5) is 4.39 Å². The molecule has 0 spiro atoms. The Morgan fingerprint density at radius 2 is 1.77 bits per heavy atom. The number of nitrogens with zero attached hydrogens (tertiary/aromatic N) is 3. The molecule has 0 aliphatic rings. The first-order chi connectivity index (χ1) is 16.8. The number of fused-ring (bicyclic) bond motifs is 1. The molecule has 0 aliphatic carbocycles. The van der Waals surface area contributed by atoms with Gasteiger partial charge in [-0.2, -0.15) is 0 Å². The SMILES string of the molecule is CCCN(C(=O)c1cccc(F)c1)C(CC)c1nc2ccccc2c(=O)n1-c1ccc(C)c(C)c1. The van der Waals surface area contributed by atoms with Crippen molar-refractivity contribution in [2.45, 2.75) is 46.6 Å². The van der Waals surface area contributed by atoms with Crippen LogP contribution in [0, 0.1) is 19.7 Å². The zero-order valence-corrected chi connectivity index (χ0v) is 20.6. The number of benzene rings is 3.